The molecule has 0 aliphatic carbocycles. The number of rotatable bonds is 3. The Hall–Kier alpha value is -0.520. The van der Waals surface area contributed by atoms with Crippen LogP contribution in [0.5, 0.6) is 0 Å². The maximum Gasteiger partial charge on any atom is 0.142 e. The summed E-state index contributed by atoms with van der Waals surface area (Å²) in [6.07, 6.45) is 0. The fourth-order valence-corrected chi connectivity index (χ4v) is 2.87. The highest BCUT2D eigenvalue weighted by atomic mass is 127. The average molecular weight is 410 g/mol. The summed E-state index contributed by atoms with van der Waals surface area (Å²) in [5.74, 6) is -0.461. The Morgan fingerprint density at radius 3 is 2.37 bits per heavy atom. The second-order valence-corrected chi connectivity index (χ2v) is 6.16. The van der Waals surface area contributed by atoms with Crippen LogP contribution in [0.2, 0.25) is 10.0 Å². The third kappa shape index (κ3) is 3.52. The first-order valence-electron chi connectivity index (χ1n) is 5.64. The molecule has 1 N–H and O–H groups in total. The number of halogens is 4. The first-order chi connectivity index (χ1) is 8.99. The summed E-state index contributed by atoms with van der Waals surface area (Å²) in [6, 6.07) is 10.5. The molecule has 1 atom stereocenters. The average Bonchev–Trinajstić information content (AvgIpc) is 2.37. The van der Waals surface area contributed by atoms with Crippen LogP contribution in [-0.2, 0) is 0 Å². The first kappa shape index (κ1) is 14.9. The lowest BCUT2D eigenvalue weighted by Gasteiger charge is -2.18. The molecular formula is C14H11Cl2FIN. The van der Waals surface area contributed by atoms with Gasteiger partial charge in [-0.1, -0.05) is 23.2 Å². The van der Waals surface area contributed by atoms with Gasteiger partial charge in [0.05, 0.1) is 11.1 Å². The smallest absolute Gasteiger partial charge is 0.142 e. The normalized spacial score (nSPS) is 12.3. The minimum atomic E-state index is -0.461. The van der Waals surface area contributed by atoms with Crippen molar-refractivity contribution in [2.24, 2.45) is 0 Å². The Bertz CT molecular complexity index is 587. The predicted molar refractivity (Wildman–Crippen MR) is 87.6 cm³/mol. The summed E-state index contributed by atoms with van der Waals surface area (Å²) in [5, 5.41) is 3.78. The van der Waals surface area contributed by atoms with Gasteiger partial charge in [-0.15, -0.1) is 0 Å². The Kier molecular flexibility index (Phi) is 4.92. The Balaban J connectivity index is 2.27. The van der Waals surface area contributed by atoms with E-state index in [2.05, 4.69) is 27.9 Å². The SMILES string of the molecule is CC(Nc1ccc(I)cc1)c1c(Cl)ccc(F)c1Cl. The zero-order chi connectivity index (χ0) is 14.0. The highest BCUT2D eigenvalue weighted by Gasteiger charge is 2.16. The fourth-order valence-electron chi connectivity index (χ4n) is 1.81. The molecule has 0 aliphatic heterocycles. The molecule has 0 aliphatic rings. The molecule has 1 unspecified atom stereocenters. The topological polar surface area (TPSA) is 12.0 Å². The quantitative estimate of drug-likeness (QED) is 0.490. The van der Waals surface area contributed by atoms with Gasteiger partial charge in [0.1, 0.15) is 5.82 Å². The lowest BCUT2D eigenvalue weighted by Crippen LogP contribution is -2.08. The molecule has 0 bridgehead atoms. The molecule has 0 fully saturated rings. The van der Waals surface area contributed by atoms with E-state index in [0.29, 0.717) is 10.6 Å². The van der Waals surface area contributed by atoms with Crippen molar-refractivity contribution < 1.29 is 4.39 Å². The molecule has 2 rings (SSSR count). The van der Waals surface area contributed by atoms with Crippen LogP contribution < -0.4 is 5.32 Å². The van der Waals surface area contributed by atoms with Crippen LogP contribution >= 0.6 is 45.8 Å². The van der Waals surface area contributed by atoms with E-state index >= 15 is 0 Å². The van der Waals surface area contributed by atoms with E-state index in [1.165, 1.54) is 12.1 Å². The van der Waals surface area contributed by atoms with E-state index in [0.717, 1.165) is 9.26 Å². The number of nitrogens with one attached hydrogen (secondary N) is 1. The Morgan fingerprint density at radius 2 is 1.74 bits per heavy atom. The van der Waals surface area contributed by atoms with E-state index in [4.69, 9.17) is 23.2 Å². The van der Waals surface area contributed by atoms with Crippen molar-refractivity contribution in [1.29, 1.82) is 0 Å². The van der Waals surface area contributed by atoms with Crippen molar-refractivity contribution in [1.82, 2.24) is 0 Å². The maximum atomic E-state index is 13.5. The number of anilines is 1. The molecule has 2 aromatic carbocycles. The minimum Gasteiger partial charge on any atom is -0.378 e. The monoisotopic (exact) mass is 409 g/mol. The molecule has 5 heteroatoms. The molecular weight excluding hydrogens is 399 g/mol. The van der Waals surface area contributed by atoms with Gasteiger partial charge in [0.2, 0.25) is 0 Å². The Morgan fingerprint density at radius 1 is 1.11 bits per heavy atom. The lowest BCUT2D eigenvalue weighted by atomic mass is 10.1. The molecule has 0 saturated heterocycles. The van der Waals surface area contributed by atoms with Gasteiger partial charge in [-0.2, -0.15) is 0 Å². The van der Waals surface area contributed by atoms with Crippen molar-refractivity contribution >= 4 is 51.5 Å². The number of hydrogen-bond acceptors (Lipinski definition) is 1. The zero-order valence-corrected chi connectivity index (χ0v) is 13.7. The fraction of sp³-hybridized carbons (Fsp3) is 0.143. The predicted octanol–water partition coefficient (Wildman–Crippen LogP) is 5.91. The lowest BCUT2D eigenvalue weighted by molar-refractivity contribution is 0.624. The third-order valence-electron chi connectivity index (χ3n) is 2.74. The first-order valence-corrected chi connectivity index (χ1v) is 7.48. The second kappa shape index (κ2) is 6.29. The van der Waals surface area contributed by atoms with Gasteiger partial charge in [-0.05, 0) is 65.9 Å². The van der Waals surface area contributed by atoms with E-state index < -0.39 is 5.82 Å². The zero-order valence-electron chi connectivity index (χ0n) is 10.1. The molecule has 0 aromatic heterocycles. The van der Waals surface area contributed by atoms with Crippen LogP contribution in [0.25, 0.3) is 0 Å². The van der Waals surface area contributed by atoms with Crippen LogP contribution in [0.15, 0.2) is 36.4 Å². The van der Waals surface area contributed by atoms with Gasteiger partial charge in [-0.25, -0.2) is 4.39 Å². The van der Waals surface area contributed by atoms with Crippen molar-refractivity contribution in [2.75, 3.05) is 5.32 Å². The standard InChI is InChI=1S/C14H11Cl2FIN/c1-8(19-10-4-2-9(18)3-5-10)13-11(15)6-7-12(17)14(13)16/h2-8,19H,1H3. The summed E-state index contributed by atoms with van der Waals surface area (Å²) in [6.45, 7) is 1.89. The molecule has 1 nitrogen and oxygen atoms in total. The van der Waals surface area contributed by atoms with Gasteiger partial charge >= 0.3 is 0 Å². The molecule has 19 heavy (non-hydrogen) atoms. The van der Waals surface area contributed by atoms with Gasteiger partial charge in [0.15, 0.2) is 0 Å². The molecule has 0 saturated carbocycles. The largest absolute Gasteiger partial charge is 0.378 e. The van der Waals surface area contributed by atoms with Crippen LogP contribution in [0.1, 0.15) is 18.5 Å². The summed E-state index contributed by atoms with van der Waals surface area (Å²) in [4.78, 5) is 0. The van der Waals surface area contributed by atoms with E-state index in [-0.39, 0.29) is 11.1 Å². The maximum absolute atomic E-state index is 13.5. The van der Waals surface area contributed by atoms with E-state index in [9.17, 15) is 4.39 Å². The molecule has 0 heterocycles. The van der Waals surface area contributed by atoms with Crippen molar-refractivity contribution in [3.8, 4) is 0 Å². The summed E-state index contributed by atoms with van der Waals surface area (Å²) in [5.41, 5.74) is 1.51. The second-order valence-electron chi connectivity index (χ2n) is 4.13. The third-order valence-corrected chi connectivity index (χ3v) is 4.17. The molecule has 2 aromatic rings. The molecule has 0 amide bonds. The van der Waals surface area contributed by atoms with Gasteiger partial charge in [0, 0.05) is 19.8 Å². The van der Waals surface area contributed by atoms with Crippen molar-refractivity contribution in [3.63, 3.8) is 0 Å². The van der Waals surface area contributed by atoms with Crippen molar-refractivity contribution in [3.05, 3.63) is 61.4 Å². The van der Waals surface area contributed by atoms with Crippen LogP contribution in [-0.4, -0.2) is 0 Å². The highest BCUT2D eigenvalue weighted by Crippen LogP contribution is 2.34. The van der Waals surface area contributed by atoms with E-state index in [1.807, 2.05) is 31.2 Å². The van der Waals surface area contributed by atoms with Crippen LogP contribution in [0.4, 0.5) is 10.1 Å². The van der Waals surface area contributed by atoms with Gasteiger partial charge < -0.3 is 5.32 Å². The minimum absolute atomic E-state index is 0.0676. The summed E-state index contributed by atoms with van der Waals surface area (Å²) < 4.78 is 14.6. The summed E-state index contributed by atoms with van der Waals surface area (Å²) in [7, 11) is 0. The van der Waals surface area contributed by atoms with Gasteiger partial charge in [0.25, 0.3) is 0 Å². The molecule has 0 radical (unpaired) electrons. The van der Waals surface area contributed by atoms with Crippen LogP contribution in [0.3, 0.4) is 0 Å². The molecule has 100 valence electrons. The Labute approximate surface area is 135 Å². The van der Waals surface area contributed by atoms with Crippen molar-refractivity contribution in [2.45, 2.75) is 13.0 Å². The van der Waals surface area contributed by atoms with E-state index in [1.54, 1.807) is 0 Å². The highest BCUT2D eigenvalue weighted by molar-refractivity contribution is 14.1. The molecule has 0 spiro atoms. The number of hydrogen-bond donors (Lipinski definition) is 1. The summed E-state index contributed by atoms with van der Waals surface area (Å²) >= 11 is 14.3. The van der Waals surface area contributed by atoms with Gasteiger partial charge in [-0.3, -0.25) is 0 Å². The van der Waals surface area contributed by atoms with Crippen LogP contribution in [0, 0.1) is 9.39 Å². The number of benzene rings is 2.